The van der Waals surface area contributed by atoms with Crippen molar-refractivity contribution < 1.29 is 9.59 Å². The molecule has 0 radical (unpaired) electrons. The summed E-state index contributed by atoms with van der Waals surface area (Å²) in [5, 5.41) is 5.79. The van der Waals surface area contributed by atoms with Gasteiger partial charge in [-0.2, -0.15) is 0 Å². The molecule has 3 rings (SSSR count). The second kappa shape index (κ2) is 8.18. The number of carbonyl (C=O) groups is 2. The Morgan fingerprint density at radius 1 is 1.16 bits per heavy atom. The van der Waals surface area contributed by atoms with Gasteiger partial charge < -0.3 is 10.6 Å². The van der Waals surface area contributed by atoms with Crippen LogP contribution in [-0.4, -0.2) is 42.4 Å². The van der Waals surface area contributed by atoms with Gasteiger partial charge in [0.05, 0.1) is 18.3 Å². The summed E-state index contributed by atoms with van der Waals surface area (Å²) in [6.45, 7) is 3.35. The zero-order valence-corrected chi connectivity index (χ0v) is 14.9. The Kier molecular flexibility index (Phi) is 5.73. The van der Waals surface area contributed by atoms with Gasteiger partial charge in [-0.3, -0.25) is 14.5 Å². The van der Waals surface area contributed by atoms with E-state index in [0.29, 0.717) is 13.1 Å². The summed E-state index contributed by atoms with van der Waals surface area (Å²) in [6, 6.07) is 17.4. The van der Waals surface area contributed by atoms with Crippen LogP contribution in [0.2, 0.25) is 0 Å². The van der Waals surface area contributed by atoms with E-state index < -0.39 is 0 Å². The first-order chi connectivity index (χ1) is 12.1. The van der Waals surface area contributed by atoms with E-state index in [1.165, 1.54) is 0 Å². The molecule has 2 amide bonds. The smallest absolute Gasteiger partial charge is 0.241 e. The molecule has 2 N–H and O–H groups in total. The number of carbonyl (C=O) groups excluding carboxylic acids is 2. The predicted molar refractivity (Wildman–Crippen MR) is 99.7 cm³/mol. The molecular formula is C19H21N3O2S. The summed E-state index contributed by atoms with van der Waals surface area (Å²) in [6.07, 6.45) is 0. The van der Waals surface area contributed by atoms with Crippen LogP contribution >= 0.6 is 11.8 Å². The van der Waals surface area contributed by atoms with Crippen LogP contribution in [0.25, 0.3) is 0 Å². The third-order valence-corrected chi connectivity index (χ3v) is 5.19. The van der Waals surface area contributed by atoms with Crippen LogP contribution in [0.3, 0.4) is 0 Å². The van der Waals surface area contributed by atoms with Gasteiger partial charge in [0.15, 0.2) is 0 Å². The molecule has 0 unspecified atom stereocenters. The number of piperazine rings is 1. The maximum atomic E-state index is 12.6. The number of para-hydroxylation sites is 1. The van der Waals surface area contributed by atoms with Crippen LogP contribution in [0.4, 0.5) is 5.69 Å². The highest BCUT2D eigenvalue weighted by Gasteiger charge is 2.26. The molecule has 1 aliphatic heterocycles. The molecule has 25 heavy (non-hydrogen) atoms. The van der Waals surface area contributed by atoms with E-state index in [4.69, 9.17) is 0 Å². The number of anilines is 1. The van der Waals surface area contributed by atoms with E-state index in [9.17, 15) is 9.59 Å². The third-order valence-electron chi connectivity index (χ3n) is 4.11. The van der Waals surface area contributed by atoms with E-state index in [2.05, 4.69) is 10.6 Å². The van der Waals surface area contributed by atoms with Gasteiger partial charge in [-0.05, 0) is 31.2 Å². The number of rotatable bonds is 5. The number of nitrogens with one attached hydrogen (secondary N) is 2. The summed E-state index contributed by atoms with van der Waals surface area (Å²) < 4.78 is 0. The molecule has 0 aliphatic carbocycles. The van der Waals surface area contributed by atoms with Crippen LogP contribution in [0.15, 0.2) is 64.4 Å². The largest absolute Gasteiger partial charge is 0.354 e. The summed E-state index contributed by atoms with van der Waals surface area (Å²) in [5.41, 5.74) is 0.787. The Bertz CT molecular complexity index is 751. The molecule has 2 aromatic carbocycles. The fourth-order valence-electron chi connectivity index (χ4n) is 2.67. The lowest BCUT2D eigenvalue weighted by molar-refractivity contribution is -0.127. The molecule has 130 valence electrons. The summed E-state index contributed by atoms with van der Waals surface area (Å²) in [7, 11) is 0. The van der Waals surface area contributed by atoms with Crippen LogP contribution in [-0.2, 0) is 9.59 Å². The Morgan fingerprint density at radius 3 is 2.64 bits per heavy atom. The van der Waals surface area contributed by atoms with Gasteiger partial charge in [-0.15, -0.1) is 0 Å². The molecule has 5 nitrogen and oxygen atoms in total. The molecule has 1 heterocycles. The Labute approximate surface area is 151 Å². The van der Waals surface area contributed by atoms with Crippen molar-refractivity contribution >= 4 is 29.3 Å². The van der Waals surface area contributed by atoms with Crippen molar-refractivity contribution in [2.24, 2.45) is 0 Å². The topological polar surface area (TPSA) is 61.4 Å². The minimum atomic E-state index is -0.360. The Hall–Kier alpha value is -2.31. The van der Waals surface area contributed by atoms with Crippen LogP contribution < -0.4 is 10.6 Å². The van der Waals surface area contributed by atoms with E-state index in [0.717, 1.165) is 15.5 Å². The normalized spacial score (nSPS) is 16.1. The molecule has 2 aromatic rings. The Balaban J connectivity index is 1.69. The quantitative estimate of drug-likeness (QED) is 0.865. The number of nitrogens with zero attached hydrogens (tertiary/aromatic N) is 1. The summed E-state index contributed by atoms with van der Waals surface area (Å²) >= 11 is 1.61. The summed E-state index contributed by atoms with van der Waals surface area (Å²) in [4.78, 5) is 28.2. The molecular weight excluding hydrogens is 334 g/mol. The van der Waals surface area contributed by atoms with E-state index in [1.807, 2.05) is 66.4 Å². The second-order valence-electron chi connectivity index (χ2n) is 5.90. The highest BCUT2D eigenvalue weighted by Crippen LogP contribution is 2.33. The van der Waals surface area contributed by atoms with Gasteiger partial charge in [-0.25, -0.2) is 0 Å². The first kappa shape index (κ1) is 17.5. The van der Waals surface area contributed by atoms with Crippen LogP contribution in [0, 0.1) is 0 Å². The Morgan fingerprint density at radius 2 is 1.88 bits per heavy atom. The lowest BCUT2D eigenvalue weighted by Gasteiger charge is -2.31. The predicted octanol–water partition coefficient (Wildman–Crippen LogP) is 2.60. The SMILES string of the molecule is C[C@@H](C(=O)Nc1ccccc1Sc1ccccc1)N1CCNC(=O)C1. The van der Waals surface area contributed by atoms with E-state index in [1.54, 1.807) is 11.8 Å². The monoisotopic (exact) mass is 355 g/mol. The van der Waals surface area contributed by atoms with Crippen molar-refractivity contribution in [3.8, 4) is 0 Å². The standard InChI is InChI=1S/C19H21N3O2S/c1-14(22-12-11-20-18(23)13-22)19(24)21-16-9-5-6-10-17(16)25-15-7-3-2-4-8-15/h2-10,14H,11-13H2,1H3,(H,20,23)(H,21,24)/t14-/m0/s1. The van der Waals surface area contributed by atoms with Gasteiger partial charge >= 0.3 is 0 Å². The molecule has 1 atom stereocenters. The van der Waals surface area contributed by atoms with Crippen molar-refractivity contribution in [2.45, 2.75) is 22.8 Å². The van der Waals surface area contributed by atoms with Crippen molar-refractivity contribution in [2.75, 3.05) is 25.0 Å². The van der Waals surface area contributed by atoms with Gasteiger partial charge in [0, 0.05) is 22.9 Å². The highest BCUT2D eigenvalue weighted by atomic mass is 32.2. The third kappa shape index (κ3) is 4.61. The fraction of sp³-hybridized carbons (Fsp3) is 0.263. The van der Waals surface area contributed by atoms with Gasteiger partial charge in [0.25, 0.3) is 0 Å². The fourth-order valence-corrected chi connectivity index (χ4v) is 3.59. The molecule has 0 bridgehead atoms. The van der Waals surface area contributed by atoms with E-state index in [-0.39, 0.29) is 24.4 Å². The zero-order valence-electron chi connectivity index (χ0n) is 14.1. The number of hydrogen-bond acceptors (Lipinski definition) is 4. The van der Waals surface area contributed by atoms with Gasteiger partial charge in [0.1, 0.15) is 0 Å². The average molecular weight is 355 g/mol. The highest BCUT2D eigenvalue weighted by molar-refractivity contribution is 7.99. The van der Waals surface area contributed by atoms with E-state index >= 15 is 0 Å². The minimum absolute atomic E-state index is 0.0362. The minimum Gasteiger partial charge on any atom is -0.354 e. The maximum absolute atomic E-state index is 12.6. The molecule has 1 aliphatic rings. The molecule has 1 fully saturated rings. The lowest BCUT2D eigenvalue weighted by atomic mass is 10.2. The van der Waals surface area contributed by atoms with Crippen LogP contribution in [0.1, 0.15) is 6.92 Å². The van der Waals surface area contributed by atoms with Crippen molar-refractivity contribution in [3.63, 3.8) is 0 Å². The number of amides is 2. The van der Waals surface area contributed by atoms with Crippen molar-refractivity contribution in [3.05, 3.63) is 54.6 Å². The first-order valence-electron chi connectivity index (χ1n) is 8.27. The molecule has 0 spiro atoms. The second-order valence-corrected chi connectivity index (χ2v) is 7.01. The van der Waals surface area contributed by atoms with Crippen molar-refractivity contribution in [1.29, 1.82) is 0 Å². The molecule has 6 heteroatoms. The van der Waals surface area contributed by atoms with Gasteiger partial charge in [-0.1, -0.05) is 42.1 Å². The van der Waals surface area contributed by atoms with Gasteiger partial charge in [0.2, 0.25) is 11.8 Å². The lowest BCUT2D eigenvalue weighted by Crippen LogP contribution is -2.53. The molecule has 0 saturated carbocycles. The average Bonchev–Trinajstić information content (AvgIpc) is 2.63. The van der Waals surface area contributed by atoms with Crippen molar-refractivity contribution in [1.82, 2.24) is 10.2 Å². The first-order valence-corrected chi connectivity index (χ1v) is 9.08. The summed E-state index contributed by atoms with van der Waals surface area (Å²) in [5.74, 6) is -0.137. The van der Waals surface area contributed by atoms with Crippen LogP contribution in [0.5, 0.6) is 0 Å². The number of benzene rings is 2. The number of hydrogen-bond donors (Lipinski definition) is 2. The zero-order chi connectivity index (χ0) is 17.6. The maximum Gasteiger partial charge on any atom is 0.241 e. The molecule has 1 saturated heterocycles. The molecule has 0 aromatic heterocycles.